The standard InChI is InChI=1S/C13H18FNO/c1-4-10-12(15-5-2)11-9(14)7-6-8(3)13(11)16-10/h6-7,10,12,15H,4-5H2,1-3H3. The number of rotatable bonds is 3. The van der Waals surface area contributed by atoms with Crippen molar-refractivity contribution in [3.8, 4) is 5.75 Å². The number of halogens is 1. The van der Waals surface area contributed by atoms with Crippen LogP contribution in [0.2, 0.25) is 0 Å². The van der Waals surface area contributed by atoms with Crippen LogP contribution in [-0.2, 0) is 0 Å². The maximum Gasteiger partial charge on any atom is 0.131 e. The lowest BCUT2D eigenvalue weighted by Crippen LogP contribution is -2.30. The average molecular weight is 223 g/mol. The van der Waals surface area contributed by atoms with Crippen LogP contribution in [0.15, 0.2) is 12.1 Å². The molecule has 16 heavy (non-hydrogen) atoms. The lowest BCUT2D eigenvalue weighted by molar-refractivity contribution is 0.185. The molecule has 2 rings (SSSR count). The Balaban J connectivity index is 2.45. The molecule has 1 aromatic carbocycles. The van der Waals surface area contributed by atoms with Crippen LogP contribution >= 0.6 is 0 Å². The summed E-state index contributed by atoms with van der Waals surface area (Å²) in [7, 11) is 0. The van der Waals surface area contributed by atoms with Crippen LogP contribution in [0.25, 0.3) is 0 Å². The van der Waals surface area contributed by atoms with E-state index >= 15 is 0 Å². The van der Waals surface area contributed by atoms with Crippen LogP contribution in [0.4, 0.5) is 4.39 Å². The maximum absolute atomic E-state index is 13.8. The zero-order valence-electron chi connectivity index (χ0n) is 10.0. The van der Waals surface area contributed by atoms with Gasteiger partial charge >= 0.3 is 0 Å². The quantitative estimate of drug-likeness (QED) is 0.850. The molecule has 0 aliphatic carbocycles. The Labute approximate surface area is 95.8 Å². The van der Waals surface area contributed by atoms with Crippen molar-refractivity contribution in [2.75, 3.05) is 6.54 Å². The minimum atomic E-state index is -0.164. The first-order chi connectivity index (χ1) is 7.69. The summed E-state index contributed by atoms with van der Waals surface area (Å²) in [6.45, 7) is 6.86. The van der Waals surface area contributed by atoms with Gasteiger partial charge in [0.05, 0.1) is 11.6 Å². The van der Waals surface area contributed by atoms with Gasteiger partial charge in [0.15, 0.2) is 0 Å². The third-order valence-corrected chi connectivity index (χ3v) is 3.12. The molecule has 0 spiro atoms. The number of likely N-dealkylation sites (N-methyl/N-ethyl adjacent to an activating group) is 1. The lowest BCUT2D eigenvalue weighted by atomic mass is 10.00. The van der Waals surface area contributed by atoms with Crippen LogP contribution in [0.5, 0.6) is 5.75 Å². The third kappa shape index (κ3) is 1.69. The molecule has 0 fully saturated rings. The summed E-state index contributed by atoms with van der Waals surface area (Å²) >= 11 is 0. The van der Waals surface area contributed by atoms with Gasteiger partial charge in [0, 0.05) is 0 Å². The molecule has 2 atom stereocenters. The molecule has 0 radical (unpaired) electrons. The van der Waals surface area contributed by atoms with Gasteiger partial charge in [-0.1, -0.05) is 19.9 Å². The van der Waals surface area contributed by atoms with E-state index in [9.17, 15) is 4.39 Å². The molecule has 1 heterocycles. The fraction of sp³-hybridized carbons (Fsp3) is 0.538. The van der Waals surface area contributed by atoms with Crippen molar-refractivity contribution in [3.63, 3.8) is 0 Å². The van der Waals surface area contributed by atoms with Crippen LogP contribution in [-0.4, -0.2) is 12.6 Å². The second-order valence-electron chi connectivity index (χ2n) is 4.21. The first kappa shape index (κ1) is 11.4. The van der Waals surface area contributed by atoms with Crippen molar-refractivity contribution in [3.05, 3.63) is 29.1 Å². The van der Waals surface area contributed by atoms with Gasteiger partial charge in [-0.05, 0) is 31.5 Å². The maximum atomic E-state index is 13.8. The van der Waals surface area contributed by atoms with Crippen molar-refractivity contribution in [2.24, 2.45) is 0 Å². The van der Waals surface area contributed by atoms with Crippen molar-refractivity contribution in [1.29, 1.82) is 0 Å². The largest absolute Gasteiger partial charge is 0.488 e. The Morgan fingerprint density at radius 1 is 1.38 bits per heavy atom. The number of hydrogen-bond acceptors (Lipinski definition) is 2. The number of fused-ring (bicyclic) bond motifs is 1. The molecule has 0 saturated heterocycles. The van der Waals surface area contributed by atoms with E-state index in [-0.39, 0.29) is 18.0 Å². The smallest absolute Gasteiger partial charge is 0.131 e. The van der Waals surface area contributed by atoms with E-state index in [4.69, 9.17) is 4.74 Å². The van der Waals surface area contributed by atoms with Crippen LogP contribution in [0.3, 0.4) is 0 Å². The molecule has 2 nitrogen and oxygen atoms in total. The topological polar surface area (TPSA) is 21.3 Å². The summed E-state index contributed by atoms with van der Waals surface area (Å²) in [4.78, 5) is 0. The third-order valence-electron chi connectivity index (χ3n) is 3.12. The van der Waals surface area contributed by atoms with Gasteiger partial charge in [0.1, 0.15) is 17.7 Å². The summed E-state index contributed by atoms with van der Waals surface area (Å²) < 4.78 is 19.7. The molecule has 0 bridgehead atoms. The van der Waals surface area contributed by atoms with Gasteiger partial charge in [-0.15, -0.1) is 0 Å². The summed E-state index contributed by atoms with van der Waals surface area (Å²) in [6.07, 6.45) is 0.927. The average Bonchev–Trinajstić information content (AvgIpc) is 2.64. The van der Waals surface area contributed by atoms with E-state index < -0.39 is 0 Å². The summed E-state index contributed by atoms with van der Waals surface area (Å²) in [5, 5.41) is 3.30. The number of ether oxygens (including phenoxy) is 1. The minimum Gasteiger partial charge on any atom is -0.488 e. The number of aryl methyl sites for hydroxylation is 1. The van der Waals surface area contributed by atoms with Crippen LogP contribution in [0, 0.1) is 12.7 Å². The van der Waals surface area contributed by atoms with Crippen molar-refractivity contribution in [1.82, 2.24) is 5.32 Å². The van der Waals surface area contributed by atoms with E-state index in [2.05, 4.69) is 12.2 Å². The Kier molecular flexibility index (Phi) is 3.15. The first-order valence-electron chi connectivity index (χ1n) is 5.88. The number of hydrogen-bond donors (Lipinski definition) is 1. The fourth-order valence-electron chi connectivity index (χ4n) is 2.31. The molecule has 1 aromatic rings. The van der Waals surface area contributed by atoms with E-state index in [0.717, 1.165) is 24.3 Å². The molecule has 0 aromatic heterocycles. The summed E-state index contributed by atoms with van der Waals surface area (Å²) in [5.41, 5.74) is 1.71. The lowest BCUT2D eigenvalue weighted by Gasteiger charge is -2.18. The zero-order valence-corrected chi connectivity index (χ0v) is 10.0. The second-order valence-corrected chi connectivity index (χ2v) is 4.21. The van der Waals surface area contributed by atoms with Gasteiger partial charge in [-0.3, -0.25) is 0 Å². The second kappa shape index (κ2) is 4.42. The first-order valence-corrected chi connectivity index (χ1v) is 5.88. The van der Waals surface area contributed by atoms with Crippen LogP contribution in [0.1, 0.15) is 37.4 Å². The Bertz CT molecular complexity index is 392. The van der Waals surface area contributed by atoms with Crippen molar-refractivity contribution in [2.45, 2.75) is 39.3 Å². The molecule has 2 unspecified atom stereocenters. The number of benzene rings is 1. The van der Waals surface area contributed by atoms with Gasteiger partial charge in [0.2, 0.25) is 0 Å². The molecule has 1 aliphatic heterocycles. The molecule has 88 valence electrons. The SMILES string of the molecule is CCNC1c2c(F)ccc(C)c2OC1CC. The van der Waals surface area contributed by atoms with Gasteiger partial charge in [0.25, 0.3) is 0 Å². The fourth-order valence-corrected chi connectivity index (χ4v) is 2.31. The van der Waals surface area contributed by atoms with E-state index in [0.29, 0.717) is 5.56 Å². The predicted octanol–water partition coefficient (Wildman–Crippen LogP) is 2.96. The van der Waals surface area contributed by atoms with Gasteiger partial charge in [-0.2, -0.15) is 0 Å². The predicted molar refractivity (Wildman–Crippen MR) is 62.3 cm³/mol. The number of nitrogens with one attached hydrogen (secondary N) is 1. The molecule has 3 heteroatoms. The van der Waals surface area contributed by atoms with E-state index in [1.54, 1.807) is 6.07 Å². The Morgan fingerprint density at radius 3 is 2.75 bits per heavy atom. The minimum absolute atomic E-state index is 0.00935. The van der Waals surface area contributed by atoms with Gasteiger partial charge in [-0.25, -0.2) is 4.39 Å². The normalized spacial score (nSPS) is 23.0. The highest BCUT2D eigenvalue weighted by molar-refractivity contribution is 5.47. The highest BCUT2D eigenvalue weighted by Gasteiger charge is 2.35. The molecule has 1 N–H and O–H groups in total. The monoisotopic (exact) mass is 223 g/mol. The zero-order chi connectivity index (χ0) is 11.7. The van der Waals surface area contributed by atoms with E-state index in [1.165, 1.54) is 6.07 Å². The molecular weight excluding hydrogens is 205 g/mol. The summed E-state index contributed by atoms with van der Waals surface area (Å²) in [6, 6.07) is 3.29. The van der Waals surface area contributed by atoms with Crippen LogP contribution < -0.4 is 10.1 Å². The Morgan fingerprint density at radius 2 is 2.12 bits per heavy atom. The van der Waals surface area contributed by atoms with E-state index in [1.807, 2.05) is 13.8 Å². The summed E-state index contributed by atoms with van der Waals surface area (Å²) in [5.74, 6) is 0.570. The molecule has 0 saturated carbocycles. The van der Waals surface area contributed by atoms with Crippen molar-refractivity contribution >= 4 is 0 Å². The highest BCUT2D eigenvalue weighted by Crippen LogP contribution is 2.41. The van der Waals surface area contributed by atoms with Crippen molar-refractivity contribution < 1.29 is 9.13 Å². The molecule has 0 amide bonds. The highest BCUT2D eigenvalue weighted by atomic mass is 19.1. The van der Waals surface area contributed by atoms with Gasteiger partial charge < -0.3 is 10.1 Å². The Hall–Kier alpha value is -1.09. The molecule has 1 aliphatic rings. The molecular formula is C13H18FNO.